The van der Waals surface area contributed by atoms with Gasteiger partial charge in [0.25, 0.3) is 0 Å². The first-order chi connectivity index (χ1) is 11.3. The third-order valence-corrected chi connectivity index (χ3v) is 5.54. The molecular weight excluding hydrogens is 306 g/mol. The summed E-state index contributed by atoms with van der Waals surface area (Å²) in [4.78, 5) is 1.62. The topological polar surface area (TPSA) is 41.6 Å². The minimum Gasteiger partial charge on any atom is -0.463 e. The highest BCUT2D eigenvalue weighted by Gasteiger charge is 2.28. The van der Waals surface area contributed by atoms with Crippen molar-refractivity contribution in [2.45, 2.75) is 63.5 Å². The highest BCUT2D eigenvalue weighted by molar-refractivity contribution is 7.80. The predicted octanol–water partition coefficient (Wildman–Crippen LogP) is 2.19. The Morgan fingerprint density at radius 2 is 1.91 bits per heavy atom. The van der Waals surface area contributed by atoms with E-state index in [4.69, 9.17) is 16.6 Å². The number of thiocarbonyl (C=S) groups is 1. The average Bonchev–Trinajstić information content (AvgIpc) is 3.11. The van der Waals surface area contributed by atoms with Crippen LogP contribution in [0, 0.1) is 0 Å². The second-order valence-corrected chi connectivity index (χ2v) is 7.38. The third kappa shape index (κ3) is 4.95. The molecule has 1 aliphatic heterocycles. The Morgan fingerprint density at radius 1 is 1.17 bits per heavy atom. The Kier molecular flexibility index (Phi) is 6.34. The molecule has 128 valence electrons. The average molecular weight is 337 g/mol. The Labute approximate surface area is 145 Å². The molecule has 1 saturated carbocycles. The summed E-state index contributed by atoms with van der Waals surface area (Å²) in [6, 6.07) is 5.01. The summed E-state index contributed by atoms with van der Waals surface area (Å²) in [5.74, 6) is 1.08. The van der Waals surface area contributed by atoms with Crippen LogP contribution in [0.4, 0.5) is 0 Å². The number of rotatable bonds is 5. The van der Waals surface area contributed by atoms with Crippen LogP contribution in [-0.4, -0.2) is 30.8 Å². The lowest BCUT2D eigenvalue weighted by Crippen LogP contribution is -3.13. The first-order valence-electron chi connectivity index (χ1n) is 9.25. The van der Waals surface area contributed by atoms with E-state index in [1.165, 1.54) is 64.5 Å². The van der Waals surface area contributed by atoms with E-state index in [1.807, 2.05) is 6.07 Å². The van der Waals surface area contributed by atoms with E-state index in [9.17, 15) is 0 Å². The standard InChI is InChI=1S/C18H29N3OS/c23-18(20-15-8-3-1-4-9-15)19-14-16(17-10-7-13-22-17)21-11-5-2-6-12-21/h7,10,13,15-16H,1-6,8-9,11-12,14H2,(H2,19,20,23)/p+1/t16-/m1/s1. The van der Waals surface area contributed by atoms with Crippen LogP contribution in [0.1, 0.15) is 63.2 Å². The maximum absolute atomic E-state index is 5.71. The molecule has 0 radical (unpaired) electrons. The van der Waals surface area contributed by atoms with Crippen LogP contribution < -0.4 is 15.5 Å². The number of hydrogen-bond donors (Lipinski definition) is 3. The van der Waals surface area contributed by atoms with Crippen LogP contribution >= 0.6 is 12.2 Å². The molecule has 0 bridgehead atoms. The Bertz CT molecular complexity index is 465. The van der Waals surface area contributed by atoms with Crippen LogP contribution in [0.15, 0.2) is 22.8 Å². The minimum absolute atomic E-state index is 0.358. The summed E-state index contributed by atoms with van der Waals surface area (Å²) in [5, 5.41) is 7.77. The van der Waals surface area contributed by atoms with Crippen molar-refractivity contribution < 1.29 is 9.32 Å². The maximum atomic E-state index is 5.71. The zero-order chi connectivity index (χ0) is 15.9. The number of likely N-dealkylation sites (tertiary alicyclic amines) is 1. The van der Waals surface area contributed by atoms with E-state index >= 15 is 0 Å². The van der Waals surface area contributed by atoms with Crippen LogP contribution in [0.3, 0.4) is 0 Å². The van der Waals surface area contributed by atoms with Crippen LogP contribution in [0.25, 0.3) is 0 Å². The van der Waals surface area contributed by atoms with Gasteiger partial charge in [-0.2, -0.15) is 0 Å². The van der Waals surface area contributed by atoms with Crippen LogP contribution in [-0.2, 0) is 0 Å². The highest BCUT2D eigenvalue weighted by Crippen LogP contribution is 2.17. The zero-order valence-electron chi connectivity index (χ0n) is 14.0. The molecule has 3 N–H and O–H groups in total. The molecule has 0 aromatic carbocycles. The smallest absolute Gasteiger partial charge is 0.166 e. The van der Waals surface area contributed by atoms with Gasteiger partial charge in [-0.1, -0.05) is 19.3 Å². The van der Waals surface area contributed by atoms with Crippen molar-refractivity contribution in [3.05, 3.63) is 24.2 Å². The molecular formula is C18H30N3OS+. The second kappa shape index (κ2) is 8.69. The molecule has 23 heavy (non-hydrogen) atoms. The summed E-state index contributed by atoms with van der Waals surface area (Å²) < 4.78 is 5.71. The molecule has 1 aromatic rings. The number of nitrogens with one attached hydrogen (secondary N) is 3. The van der Waals surface area contributed by atoms with E-state index < -0.39 is 0 Å². The number of piperidine rings is 1. The lowest BCUT2D eigenvalue weighted by atomic mass is 9.96. The molecule has 0 amide bonds. The molecule has 5 heteroatoms. The molecule has 3 rings (SSSR count). The maximum Gasteiger partial charge on any atom is 0.166 e. The largest absolute Gasteiger partial charge is 0.463 e. The number of quaternary nitrogens is 1. The fraction of sp³-hybridized carbons (Fsp3) is 0.722. The van der Waals surface area contributed by atoms with Gasteiger partial charge >= 0.3 is 0 Å². The quantitative estimate of drug-likeness (QED) is 0.721. The van der Waals surface area contributed by atoms with Gasteiger partial charge in [-0.15, -0.1) is 0 Å². The van der Waals surface area contributed by atoms with Gasteiger partial charge in [0, 0.05) is 6.04 Å². The van der Waals surface area contributed by atoms with Gasteiger partial charge in [-0.25, -0.2) is 0 Å². The summed E-state index contributed by atoms with van der Waals surface area (Å²) in [6.07, 6.45) is 12.3. The number of furan rings is 1. The van der Waals surface area contributed by atoms with Crippen LogP contribution in [0.5, 0.6) is 0 Å². The molecule has 1 aromatic heterocycles. The van der Waals surface area contributed by atoms with Crippen molar-refractivity contribution in [2.24, 2.45) is 0 Å². The molecule has 2 aliphatic rings. The van der Waals surface area contributed by atoms with Gasteiger partial charge in [0.1, 0.15) is 0 Å². The fourth-order valence-corrected chi connectivity index (χ4v) is 4.22. The lowest BCUT2D eigenvalue weighted by molar-refractivity contribution is -0.936. The van der Waals surface area contributed by atoms with Crippen molar-refractivity contribution >= 4 is 17.3 Å². The molecule has 2 fully saturated rings. The van der Waals surface area contributed by atoms with Crippen molar-refractivity contribution in [3.63, 3.8) is 0 Å². The van der Waals surface area contributed by atoms with E-state index in [1.54, 1.807) is 11.2 Å². The summed E-state index contributed by atoms with van der Waals surface area (Å²) in [7, 11) is 0. The Balaban J connectivity index is 1.52. The van der Waals surface area contributed by atoms with Crippen molar-refractivity contribution in [3.8, 4) is 0 Å². The molecule has 1 aliphatic carbocycles. The van der Waals surface area contributed by atoms with Gasteiger partial charge < -0.3 is 20.0 Å². The van der Waals surface area contributed by atoms with Crippen LogP contribution in [0.2, 0.25) is 0 Å². The van der Waals surface area contributed by atoms with E-state index in [0.29, 0.717) is 12.1 Å². The zero-order valence-corrected chi connectivity index (χ0v) is 14.8. The van der Waals surface area contributed by atoms with Gasteiger partial charge in [0.05, 0.1) is 25.9 Å². The summed E-state index contributed by atoms with van der Waals surface area (Å²) in [6.45, 7) is 3.31. The van der Waals surface area contributed by atoms with Crippen molar-refractivity contribution in [1.29, 1.82) is 0 Å². The van der Waals surface area contributed by atoms with Gasteiger partial charge in [0.2, 0.25) is 0 Å². The van der Waals surface area contributed by atoms with Crippen molar-refractivity contribution in [1.82, 2.24) is 10.6 Å². The van der Waals surface area contributed by atoms with Gasteiger partial charge in [0.15, 0.2) is 16.9 Å². The molecule has 1 saturated heterocycles. The van der Waals surface area contributed by atoms with Gasteiger partial charge in [-0.3, -0.25) is 0 Å². The van der Waals surface area contributed by atoms with E-state index in [2.05, 4.69) is 16.7 Å². The number of hydrogen-bond acceptors (Lipinski definition) is 2. The van der Waals surface area contributed by atoms with E-state index in [-0.39, 0.29) is 0 Å². The molecule has 0 unspecified atom stereocenters. The summed E-state index contributed by atoms with van der Waals surface area (Å²) in [5.41, 5.74) is 0. The van der Waals surface area contributed by atoms with E-state index in [0.717, 1.165) is 17.4 Å². The molecule has 4 nitrogen and oxygen atoms in total. The first-order valence-corrected chi connectivity index (χ1v) is 9.66. The minimum atomic E-state index is 0.358. The van der Waals surface area contributed by atoms with Gasteiger partial charge in [-0.05, 0) is 56.5 Å². The SMILES string of the molecule is S=C(NC[C@H](c1ccco1)[NH+]1CCCCC1)NC1CCCCC1. The second-order valence-electron chi connectivity index (χ2n) is 6.98. The Morgan fingerprint density at radius 3 is 2.61 bits per heavy atom. The lowest BCUT2D eigenvalue weighted by Gasteiger charge is -2.31. The van der Waals surface area contributed by atoms with Crippen molar-refractivity contribution in [2.75, 3.05) is 19.6 Å². The predicted molar refractivity (Wildman–Crippen MR) is 96.6 cm³/mol. The molecule has 1 atom stereocenters. The normalized spacial score (nSPS) is 21.7. The third-order valence-electron chi connectivity index (χ3n) is 5.28. The Hall–Kier alpha value is -1.07. The molecule has 2 heterocycles. The first kappa shape index (κ1) is 16.8. The fourth-order valence-electron chi connectivity index (χ4n) is 3.97. The molecule has 0 spiro atoms. The monoisotopic (exact) mass is 336 g/mol. The highest BCUT2D eigenvalue weighted by atomic mass is 32.1. The summed E-state index contributed by atoms with van der Waals surface area (Å²) >= 11 is 5.52.